The topological polar surface area (TPSA) is 25.2 Å². The summed E-state index contributed by atoms with van der Waals surface area (Å²) in [7, 11) is 0. The molecule has 0 bridgehead atoms. The molecule has 0 unspecified atom stereocenters. The fourth-order valence-corrected chi connectivity index (χ4v) is 4.69. The summed E-state index contributed by atoms with van der Waals surface area (Å²) >= 11 is 1.81. The van der Waals surface area contributed by atoms with E-state index in [0.717, 1.165) is 49.3 Å². The minimum absolute atomic E-state index is 0.255. The first-order valence-electron chi connectivity index (χ1n) is 7.42. The van der Waals surface area contributed by atoms with Crippen molar-refractivity contribution in [2.45, 2.75) is 32.1 Å². The van der Waals surface area contributed by atoms with Crippen molar-refractivity contribution in [3.8, 4) is 5.00 Å². The Balaban J connectivity index is 1.82. The van der Waals surface area contributed by atoms with Crippen molar-refractivity contribution in [3.63, 3.8) is 0 Å². The third kappa shape index (κ3) is 1.82. The predicted molar refractivity (Wildman–Crippen MR) is 80.8 cm³/mol. The second-order valence-corrected chi connectivity index (χ2v) is 6.71. The number of aryl methyl sites for hydroxylation is 1. The van der Waals surface area contributed by atoms with Gasteiger partial charge in [-0.2, -0.15) is 0 Å². The van der Waals surface area contributed by atoms with Crippen molar-refractivity contribution in [2.75, 3.05) is 13.1 Å². The molecule has 4 heteroatoms. The number of rotatable bonds is 2. The van der Waals surface area contributed by atoms with Crippen LogP contribution in [0.15, 0.2) is 24.5 Å². The minimum Gasteiger partial charge on any atom is -0.339 e. The molecule has 0 N–H and O–H groups in total. The van der Waals surface area contributed by atoms with E-state index in [2.05, 4.69) is 4.57 Å². The van der Waals surface area contributed by atoms with Crippen LogP contribution in [0.25, 0.3) is 5.00 Å². The van der Waals surface area contributed by atoms with Gasteiger partial charge in [0.05, 0.1) is 5.56 Å². The number of hydrogen-bond donors (Lipinski definition) is 0. The zero-order chi connectivity index (χ0) is 13.5. The average Bonchev–Trinajstić information content (AvgIpc) is 3.20. The lowest BCUT2D eigenvalue weighted by molar-refractivity contribution is 0.0792. The Labute approximate surface area is 122 Å². The molecule has 2 aliphatic rings. The number of amides is 1. The molecular formula is C16H18N2OS. The number of nitrogens with zero attached hydrogens (tertiary/aromatic N) is 2. The van der Waals surface area contributed by atoms with Crippen molar-refractivity contribution in [1.29, 1.82) is 0 Å². The van der Waals surface area contributed by atoms with Crippen LogP contribution >= 0.6 is 11.3 Å². The van der Waals surface area contributed by atoms with E-state index < -0.39 is 0 Å². The van der Waals surface area contributed by atoms with E-state index in [-0.39, 0.29) is 5.91 Å². The minimum atomic E-state index is 0.255. The maximum atomic E-state index is 12.9. The molecule has 1 fully saturated rings. The summed E-state index contributed by atoms with van der Waals surface area (Å²) in [5.74, 6) is 0.255. The highest BCUT2D eigenvalue weighted by molar-refractivity contribution is 7.15. The Morgan fingerprint density at radius 1 is 1.05 bits per heavy atom. The van der Waals surface area contributed by atoms with Gasteiger partial charge in [0, 0.05) is 30.4 Å². The largest absolute Gasteiger partial charge is 0.339 e. The van der Waals surface area contributed by atoms with E-state index >= 15 is 0 Å². The summed E-state index contributed by atoms with van der Waals surface area (Å²) in [6.45, 7) is 1.85. The van der Waals surface area contributed by atoms with Gasteiger partial charge in [-0.05, 0) is 49.8 Å². The van der Waals surface area contributed by atoms with Crippen molar-refractivity contribution >= 4 is 17.2 Å². The van der Waals surface area contributed by atoms with Gasteiger partial charge in [0.25, 0.3) is 5.91 Å². The highest BCUT2D eigenvalue weighted by atomic mass is 32.1. The normalized spacial score (nSPS) is 17.7. The van der Waals surface area contributed by atoms with Crippen LogP contribution in [0.4, 0.5) is 0 Å². The number of likely N-dealkylation sites (tertiary alicyclic amines) is 1. The van der Waals surface area contributed by atoms with Crippen LogP contribution in [0.1, 0.15) is 40.1 Å². The Kier molecular flexibility index (Phi) is 2.91. The van der Waals surface area contributed by atoms with Crippen molar-refractivity contribution in [1.82, 2.24) is 9.47 Å². The first-order chi connectivity index (χ1) is 9.84. The zero-order valence-corrected chi connectivity index (χ0v) is 12.3. The standard InChI is InChI=1S/C16H18N2OS/c19-15(17-8-1-2-9-17)14-12-6-5-7-13(12)20-16(14)18-10-3-4-11-18/h3-4,10-11H,1-2,5-9H2. The number of carbonyl (C=O) groups excluding carboxylic acids is 1. The van der Waals surface area contributed by atoms with Gasteiger partial charge >= 0.3 is 0 Å². The molecule has 3 heterocycles. The lowest BCUT2D eigenvalue weighted by Gasteiger charge is -2.17. The fraction of sp³-hybridized carbons (Fsp3) is 0.438. The van der Waals surface area contributed by atoms with E-state index in [9.17, 15) is 4.79 Å². The third-order valence-corrected chi connectivity index (χ3v) is 5.65. The number of aromatic nitrogens is 1. The molecule has 3 nitrogen and oxygen atoms in total. The van der Waals surface area contributed by atoms with Gasteiger partial charge in [-0.1, -0.05) is 0 Å². The molecule has 104 valence electrons. The molecule has 2 aromatic heterocycles. The van der Waals surface area contributed by atoms with Gasteiger partial charge in [-0.25, -0.2) is 0 Å². The van der Waals surface area contributed by atoms with E-state index in [1.54, 1.807) is 0 Å². The molecule has 0 atom stereocenters. The number of thiophene rings is 1. The van der Waals surface area contributed by atoms with Crippen LogP contribution in [-0.4, -0.2) is 28.5 Å². The molecule has 0 saturated carbocycles. The van der Waals surface area contributed by atoms with Crippen LogP contribution in [-0.2, 0) is 12.8 Å². The molecule has 20 heavy (non-hydrogen) atoms. The summed E-state index contributed by atoms with van der Waals surface area (Å²) < 4.78 is 2.10. The van der Waals surface area contributed by atoms with Crippen molar-refractivity contribution in [2.24, 2.45) is 0 Å². The quantitative estimate of drug-likeness (QED) is 0.832. The smallest absolute Gasteiger partial charge is 0.257 e. The lowest BCUT2D eigenvalue weighted by atomic mass is 10.1. The predicted octanol–water partition coefficient (Wildman–Crippen LogP) is 3.26. The Morgan fingerprint density at radius 2 is 1.80 bits per heavy atom. The summed E-state index contributed by atoms with van der Waals surface area (Å²) in [6, 6.07) is 4.05. The third-order valence-electron chi connectivity index (χ3n) is 4.35. The summed E-state index contributed by atoms with van der Waals surface area (Å²) in [5.41, 5.74) is 2.32. The number of hydrogen-bond acceptors (Lipinski definition) is 2. The second kappa shape index (κ2) is 4.77. The highest BCUT2D eigenvalue weighted by Gasteiger charge is 2.30. The molecule has 2 aromatic rings. The summed E-state index contributed by atoms with van der Waals surface area (Å²) in [6.07, 6.45) is 9.80. The van der Waals surface area contributed by atoms with Crippen LogP contribution < -0.4 is 0 Å². The fourth-order valence-electron chi connectivity index (χ4n) is 3.34. The van der Waals surface area contributed by atoms with Gasteiger partial charge in [-0.3, -0.25) is 4.79 Å². The average molecular weight is 286 g/mol. The monoisotopic (exact) mass is 286 g/mol. The van der Waals surface area contributed by atoms with Crippen LogP contribution in [0.5, 0.6) is 0 Å². The lowest BCUT2D eigenvalue weighted by Crippen LogP contribution is -2.28. The Morgan fingerprint density at radius 3 is 2.55 bits per heavy atom. The Hall–Kier alpha value is -1.55. The SMILES string of the molecule is O=C(c1c(-n2cccc2)sc2c1CCC2)N1CCCC1. The molecule has 1 amide bonds. The summed E-state index contributed by atoms with van der Waals surface area (Å²) in [4.78, 5) is 16.4. The first-order valence-corrected chi connectivity index (χ1v) is 8.23. The van der Waals surface area contributed by atoms with E-state index in [0.29, 0.717) is 0 Å². The molecule has 1 saturated heterocycles. The molecule has 0 aromatic carbocycles. The maximum Gasteiger partial charge on any atom is 0.257 e. The van der Waals surface area contributed by atoms with E-state index in [1.807, 2.05) is 40.8 Å². The van der Waals surface area contributed by atoms with E-state index in [4.69, 9.17) is 0 Å². The second-order valence-electron chi connectivity index (χ2n) is 5.63. The number of carbonyl (C=O) groups is 1. The van der Waals surface area contributed by atoms with Crippen LogP contribution in [0, 0.1) is 0 Å². The zero-order valence-electron chi connectivity index (χ0n) is 11.5. The van der Waals surface area contributed by atoms with Gasteiger partial charge in [-0.15, -0.1) is 11.3 Å². The van der Waals surface area contributed by atoms with Gasteiger partial charge in [0.2, 0.25) is 0 Å². The first kappa shape index (κ1) is 12.2. The summed E-state index contributed by atoms with van der Waals surface area (Å²) in [5, 5.41) is 1.12. The van der Waals surface area contributed by atoms with Crippen LogP contribution in [0.2, 0.25) is 0 Å². The molecule has 1 aliphatic carbocycles. The van der Waals surface area contributed by atoms with Gasteiger partial charge < -0.3 is 9.47 Å². The molecule has 0 radical (unpaired) electrons. The molecule has 4 rings (SSSR count). The number of fused-ring (bicyclic) bond motifs is 1. The van der Waals surface area contributed by atoms with E-state index in [1.165, 1.54) is 16.9 Å². The highest BCUT2D eigenvalue weighted by Crippen LogP contribution is 2.38. The van der Waals surface area contributed by atoms with Gasteiger partial charge in [0.15, 0.2) is 0 Å². The molecule has 1 aliphatic heterocycles. The Bertz CT molecular complexity index is 636. The maximum absolute atomic E-state index is 12.9. The molecular weight excluding hydrogens is 268 g/mol. The molecule has 0 spiro atoms. The van der Waals surface area contributed by atoms with Gasteiger partial charge in [0.1, 0.15) is 5.00 Å². The van der Waals surface area contributed by atoms with Crippen molar-refractivity contribution < 1.29 is 4.79 Å². The van der Waals surface area contributed by atoms with Crippen molar-refractivity contribution in [3.05, 3.63) is 40.5 Å². The van der Waals surface area contributed by atoms with Crippen LogP contribution in [0.3, 0.4) is 0 Å².